The van der Waals surface area contributed by atoms with Crippen LogP contribution in [0, 0.1) is 0 Å². The molecule has 0 aliphatic heterocycles. The van der Waals surface area contributed by atoms with Crippen molar-refractivity contribution in [2.24, 2.45) is 0 Å². The van der Waals surface area contributed by atoms with E-state index in [0.717, 1.165) is 12.8 Å². The van der Waals surface area contributed by atoms with Crippen LogP contribution < -0.4 is 15.8 Å². The summed E-state index contributed by atoms with van der Waals surface area (Å²) in [4.78, 5) is 29.1. The zero-order valence-electron chi connectivity index (χ0n) is 11.5. The largest absolute Gasteiger partial charge is 0.388 e. The third-order valence-corrected chi connectivity index (χ3v) is 2.92. The SMILES string of the molecule is CCCCNC(=O)N(C)c1nc2ccccc2c(=O)o1. The molecule has 1 N–H and O–H groups in total. The van der Waals surface area contributed by atoms with Crippen molar-refractivity contribution in [1.29, 1.82) is 0 Å². The highest BCUT2D eigenvalue weighted by atomic mass is 16.4. The average Bonchev–Trinajstić information content (AvgIpc) is 2.46. The third-order valence-electron chi connectivity index (χ3n) is 2.92. The molecule has 1 aromatic heterocycles. The van der Waals surface area contributed by atoms with Gasteiger partial charge < -0.3 is 9.73 Å². The molecule has 0 fully saturated rings. The fourth-order valence-corrected chi connectivity index (χ4v) is 1.73. The van der Waals surface area contributed by atoms with Gasteiger partial charge in [-0.05, 0) is 18.6 Å². The first-order chi connectivity index (χ1) is 9.63. The first-order valence-electron chi connectivity index (χ1n) is 6.55. The number of carbonyl (C=O) groups excluding carboxylic acids is 1. The van der Waals surface area contributed by atoms with Crippen LogP contribution >= 0.6 is 0 Å². The Kier molecular flexibility index (Phi) is 4.34. The number of para-hydroxylation sites is 1. The standard InChI is InChI=1S/C14H17N3O3/c1-3-4-9-15-13(19)17(2)14-16-11-8-6-5-7-10(11)12(18)20-14/h5-8H,3-4,9H2,1-2H3,(H,15,19). The molecule has 106 valence electrons. The second-order valence-electron chi connectivity index (χ2n) is 4.45. The van der Waals surface area contributed by atoms with E-state index in [1.807, 2.05) is 6.92 Å². The predicted molar refractivity (Wildman–Crippen MR) is 77.0 cm³/mol. The van der Waals surface area contributed by atoms with Crippen molar-refractivity contribution in [3.63, 3.8) is 0 Å². The number of urea groups is 1. The van der Waals surface area contributed by atoms with Crippen LogP contribution in [0.3, 0.4) is 0 Å². The normalized spacial score (nSPS) is 10.5. The van der Waals surface area contributed by atoms with Gasteiger partial charge in [0.1, 0.15) is 0 Å². The first kappa shape index (κ1) is 14.0. The van der Waals surface area contributed by atoms with E-state index >= 15 is 0 Å². The Morgan fingerprint density at radius 3 is 2.90 bits per heavy atom. The number of fused-ring (bicyclic) bond motifs is 1. The van der Waals surface area contributed by atoms with Crippen LogP contribution in [-0.4, -0.2) is 24.6 Å². The Morgan fingerprint density at radius 2 is 2.15 bits per heavy atom. The van der Waals surface area contributed by atoms with Gasteiger partial charge in [-0.1, -0.05) is 25.5 Å². The molecule has 1 heterocycles. The molecule has 2 rings (SSSR count). The molecule has 0 saturated carbocycles. The lowest BCUT2D eigenvalue weighted by atomic mass is 10.2. The maximum atomic E-state index is 11.9. The molecule has 20 heavy (non-hydrogen) atoms. The maximum Gasteiger partial charge on any atom is 0.348 e. The Balaban J connectivity index is 2.24. The van der Waals surface area contributed by atoms with Crippen molar-refractivity contribution in [1.82, 2.24) is 10.3 Å². The van der Waals surface area contributed by atoms with Gasteiger partial charge in [-0.2, -0.15) is 4.98 Å². The Labute approximate surface area is 116 Å². The molecule has 0 unspecified atom stereocenters. The summed E-state index contributed by atoms with van der Waals surface area (Å²) in [5, 5.41) is 3.13. The Bertz CT molecular complexity index is 666. The van der Waals surface area contributed by atoms with Crippen LogP contribution in [0.5, 0.6) is 0 Å². The van der Waals surface area contributed by atoms with Crippen molar-refractivity contribution < 1.29 is 9.21 Å². The molecule has 0 aliphatic rings. The summed E-state index contributed by atoms with van der Waals surface area (Å²) < 4.78 is 5.08. The number of aromatic nitrogens is 1. The number of hydrogen-bond acceptors (Lipinski definition) is 4. The fourth-order valence-electron chi connectivity index (χ4n) is 1.73. The van der Waals surface area contributed by atoms with Gasteiger partial charge in [0.15, 0.2) is 0 Å². The van der Waals surface area contributed by atoms with E-state index in [1.165, 1.54) is 11.9 Å². The van der Waals surface area contributed by atoms with Crippen LogP contribution in [-0.2, 0) is 0 Å². The van der Waals surface area contributed by atoms with Crippen molar-refractivity contribution >= 4 is 22.9 Å². The second-order valence-corrected chi connectivity index (χ2v) is 4.45. The number of unbranched alkanes of at least 4 members (excludes halogenated alkanes) is 1. The summed E-state index contributed by atoms with van der Waals surface area (Å²) in [6.07, 6.45) is 1.89. The van der Waals surface area contributed by atoms with Crippen LogP contribution in [0.4, 0.5) is 10.8 Å². The van der Waals surface area contributed by atoms with Gasteiger partial charge in [0.25, 0.3) is 0 Å². The number of hydrogen-bond donors (Lipinski definition) is 1. The second kappa shape index (κ2) is 6.18. The molecule has 1 aromatic carbocycles. The van der Waals surface area contributed by atoms with Gasteiger partial charge >= 0.3 is 17.7 Å². The predicted octanol–water partition coefficient (Wildman–Crippen LogP) is 2.13. The molecular formula is C14H17N3O3. The van der Waals surface area contributed by atoms with Crippen LogP contribution in [0.15, 0.2) is 33.5 Å². The van der Waals surface area contributed by atoms with E-state index < -0.39 is 5.63 Å². The zero-order valence-corrected chi connectivity index (χ0v) is 11.5. The number of anilines is 1. The zero-order chi connectivity index (χ0) is 14.5. The number of nitrogens with one attached hydrogen (secondary N) is 1. The summed E-state index contributed by atoms with van der Waals surface area (Å²) in [6, 6.07) is 6.51. The smallest absolute Gasteiger partial charge is 0.348 e. The number of carbonyl (C=O) groups is 1. The summed E-state index contributed by atoms with van der Waals surface area (Å²) in [5.74, 6) is 0. The van der Waals surface area contributed by atoms with E-state index in [0.29, 0.717) is 17.4 Å². The molecular weight excluding hydrogens is 258 g/mol. The van der Waals surface area contributed by atoms with Gasteiger partial charge in [0.05, 0.1) is 10.9 Å². The number of benzene rings is 1. The lowest BCUT2D eigenvalue weighted by molar-refractivity contribution is 0.246. The monoisotopic (exact) mass is 275 g/mol. The Morgan fingerprint density at radius 1 is 1.40 bits per heavy atom. The molecule has 0 spiro atoms. The topological polar surface area (TPSA) is 75.4 Å². The third kappa shape index (κ3) is 2.96. The van der Waals surface area contributed by atoms with Gasteiger partial charge in [-0.3, -0.25) is 4.90 Å². The molecule has 0 radical (unpaired) electrons. The molecule has 2 aromatic rings. The van der Waals surface area contributed by atoms with Crippen molar-refractivity contribution in [3.05, 3.63) is 34.7 Å². The minimum absolute atomic E-state index is 0.0114. The molecule has 2 amide bonds. The van der Waals surface area contributed by atoms with E-state index in [4.69, 9.17) is 4.42 Å². The quantitative estimate of drug-likeness (QED) is 0.867. The van der Waals surface area contributed by atoms with Gasteiger partial charge in [-0.15, -0.1) is 0 Å². The Hall–Kier alpha value is -2.37. The number of rotatable bonds is 4. The van der Waals surface area contributed by atoms with E-state index in [2.05, 4.69) is 10.3 Å². The first-order valence-corrected chi connectivity index (χ1v) is 6.55. The number of nitrogens with zero attached hydrogens (tertiary/aromatic N) is 2. The van der Waals surface area contributed by atoms with Crippen LogP contribution in [0.25, 0.3) is 10.9 Å². The van der Waals surface area contributed by atoms with Crippen molar-refractivity contribution in [3.8, 4) is 0 Å². The molecule has 6 nitrogen and oxygen atoms in total. The van der Waals surface area contributed by atoms with Gasteiger partial charge in [-0.25, -0.2) is 9.59 Å². The lowest BCUT2D eigenvalue weighted by Gasteiger charge is -2.15. The average molecular weight is 275 g/mol. The van der Waals surface area contributed by atoms with Gasteiger partial charge in [0.2, 0.25) is 0 Å². The molecule has 0 saturated heterocycles. The molecule has 0 atom stereocenters. The summed E-state index contributed by atoms with van der Waals surface area (Å²) >= 11 is 0. The van der Waals surface area contributed by atoms with E-state index in [1.54, 1.807) is 24.3 Å². The summed E-state index contributed by atoms with van der Waals surface area (Å²) in [5.41, 5.74) is 0.00534. The van der Waals surface area contributed by atoms with E-state index in [9.17, 15) is 9.59 Å². The minimum Gasteiger partial charge on any atom is -0.388 e. The van der Waals surface area contributed by atoms with E-state index in [-0.39, 0.29) is 12.0 Å². The molecule has 0 aliphatic carbocycles. The molecule has 0 bridgehead atoms. The minimum atomic E-state index is -0.501. The maximum absolute atomic E-state index is 11.9. The van der Waals surface area contributed by atoms with Crippen molar-refractivity contribution in [2.75, 3.05) is 18.5 Å². The molecule has 6 heteroatoms. The van der Waals surface area contributed by atoms with Crippen LogP contribution in [0.1, 0.15) is 19.8 Å². The number of amides is 2. The van der Waals surface area contributed by atoms with Crippen LogP contribution in [0.2, 0.25) is 0 Å². The highest BCUT2D eigenvalue weighted by Gasteiger charge is 2.16. The fraction of sp³-hybridized carbons (Fsp3) is 0.357. The highest BCUT2D eigenvalue weighted by molar-refractivity contribution is 5.90. The summed E-state index contributed by atoms with van der Waals surface area (Å²) in [6.45, 7) is 2.62. The highest BCUT2D eigenvalue weighted by Crippen LogP contribution is 2.13. The van der Waals surface area contributed by atoms with Gasteiger partial charge in [0, 0.05) is 13.6 Å². The van der Waals surface area contributed by atoms with Crippen molar-refractivity contribution in [2.45, 2.75) is 19.8 Å². The summed E-state index contributed by atoms with van der Waals surface area (Å²) in [7, 11) is 1.52. The lowest BCUT2D eigenvalue weighted by Crippen LogP contribution is -2.38.